The summed E-state index contributed by atoms with van der Waals surface area (Å²) in [6.07, 6.45) is 1.44. The molecule has 0 aliphatic heterocycles. The molecule has 0 aromatic heterocycles. The van der Waals surface area contributed by atoms with Crippen molar-refractivity contribution in [2.45, 2.75) is 11.5 Å². The molecule has 2 N–H and O–H groups in total. The second-order valence-corrected chi connectivity index (χ2v) is 6.13. The van der Waals surface area contributed by atoms with E-state index in [0.29, 0.717) is 5.56 Å². The molecule has 0 bridgehead atoms. The van der Waals surface area contributed by atoms with E-state index in [4.69, 9.17) is 21.8 Å². The van der Waals surface area contributed by atoms with Crippen LogP contribution in [-0.4, -0.2) is 42.6 Å². The summed E-state index contributed by atoms with van der Waals surface area (Å²) >= 11 is 5.88. The Hall–Kier alpha value is -0.920. The van der Waals surface area contributed by atoms with E-state index in [2.05, 4.69) is 6.58 Å². The maximum absolute atomic E-state index is 12.3. The zero-order valence-corrected chi connectivity index (χ0v) is 11.9. The highest BCUT2D eigenvalue weighted by Gasteiger charge is 2.23. The van der Waals surface area contributed by atoms with Crippen molar-refractivity contribution in [3.63, 3.8) is 0 Å². The molecule has 0 fully saturated rings. The zero-order valence-electron chi connectivity index (χ0n) is 10.3. The van der Waals surface area contributed by atoms with Gasteiger partial charge < -0.3 is 10.2 Å². The molecule has 1 aromatic carbocycles. The second kappa shape index (κ2) is 7.02. The maximum atomic E-state index is 12.3. The van der Waals surface area contributed by atoms with Crippen molar-refractivity contribution in [2.75, 3.05) is 19.7 Å². The number of sulfonamides is 1. The Labute approximate surface area is 117 Å². The Morgan fingerprint density at radius 2 is 2.05 bits per heavy atom. The standard InChI is InChI=1S/C12H16ClNO4S/c1-2-5-14(6-7-15)19(17,18)11-4-3-10(9-16)12(13)8-11/h2-4,8,15-16H,1,5-7,9H2. The fraction of sp³-hybridized carbons (Fsp3) is 0.333. The quantitative estimate of drug-likeness (QED) is 0.737. The van der Waals surface area contributed by atoms with Crippen molar-refractivity contribution in [3.8, 4) is 0 Å². The van der Waals surface area contributed by atoms with Crippen LogP contribution < -0.4 is 0 Å². The van der Waals surface area contributed by atoms with Crippen molar-refractivity contribution in [3.05, 3.63) is 41.4 Å². The van der Waals surface area contributed by atoms with Gasteiger partial charge in [0.15, 0.2) is 0 Å². The third kappa shape index (κ3) is 3.77. The molecule has 0 saturated carbocycles. The minimum absolute atomic E-state index is 0.0185. The van der Waals surface area contributed by atoms with Gasteiger partial charge in [-0.15, -0.1) is 6.58 Å². The van der Waals surface area contributed by atoms with E-state index in [1.165, 1.54) is 24.3 Å². The number of rotatable bonds is 7. The van der Waals surface area contributed by atoms with E-state index >= 15 is 0 Å². The molecule has 0 spiro atoms. The molecule has 0 amide bonds. The number of hydrogen-bond acceptors (Lipinski definition) is 4. The van der Waals surface area contributed by atoms with Crippen molar-refractivity contribution in [2.24, 2.45) is 0 Å². The Kier molecular flexibility index (Phi) is 5.96. The van der Waals surface area contributed by atoms with Crippen LogP contribution in [0.3, 0.4) is 0 Å². The number of benzene rings is 1. The van der Waals surface area contributed by atoms with Crippen LogP contribution in [0.15, 0.2) is 35.7 Å². The highest BCUT2D eigenvalue weighted by Crippen LogP contribution is 2.23. The summed E-state index contributed by atoms with van der Waals surface area (Å²) in [5.41, 5.74) is 0.457. The molecule has 0 aliphatic rings. The fourth-order valence-electron chi connectivity index (χ4n) is 1.53. The summed E-state index contributed by atoms with van der Waals surface area (Å²) in [5, 5.41) is 18.1. The third-order valence-electron chi connectivity index (χ3n) is 2.51. The van der Waals surface area contributed by atoms with Crippen molar-refractivity contribution >= 4 is 21.6 Å². The van der Waals surface area contributed by atoms with Crippen LogP contribution in [0.5, 0.6) is 0 Å². The van der Waals surface area contributed by atoms with E-state index in [1.807, 2.05) is 0 Å². The monoisotopic (exact) mass is 305 g/mol. The summed E-state index contributed by atoms with van der Waals surface area (Å²) in [4.78, 5) is 0.0185. The SMILES string of the molecule is C=CCN(CCO)S(=O)(=O)c1ccc(CO)c(Cl)c1. The van der Waals surface area contributed by atoms with Gasteiger partial charge in [-0.3, -0.25) is 0 Å². The minimum Gasteiger partial charge on any atom is -0.395 e. The summed E-state index contributed by atoms with van der Waals surface area (Å²) < 4.78 is 25.7. The Balaban J connectivity index is 3.17. The Morgan fingerprint density at radius 1 is 1.37 bits per heavy atom. The van der Waals surface area contributed by atoms with Gasteiger partial charge in [0.05, 0.1) is 18.1 Å². The van der Waals surface area contributed by atoms with Gasteiger partial charge in [0.1, 0.15) is 0 Å². The van der Waals surface area contributed by atoms with E-state index in [-0.39, 0.29) is 36.2 Å². The van der Waals surface area contributed by atoms with Crippen LogP contribution >= 0.6 is 11.6 Å². The van der Waals surface area contributed by atoms with Gasteiger partial charge in [0, 0.05) is 18.1 Å². The highest BCUT2D eigenvalue weighted by atomic mass is 35.5. The average molecular weight is 306 g/mol. The molecule has 0 atom stereocenters. The molecule has 0 aliphatic carbocycles. The number of aliphatic hydroxyl groups excluding tert-OH is 2. The molecule has 1 rings (SSSR count). The van der Waals surface area contributed by atoms with E-state index in [0.717, 1.165) is 4.31 Å². The van der Waals surface area contributed by atoms with E-state index in [1.54, 1.807) is 0 Å². The molecule has 5 nitrogen and oxygen atoms in total. The van der Waals surface area contributed by atoms with Crippen LogP contribution in [0, 0.1) is 0 Å². The molecule has 19 heavy (non-hydrogen) atoms. The summed E-state index contributed by atoms with van der Waals surface area (Å²) in [7, 11) is -3.74. The average Bonchev–Trinajstić information content (AvgIpc) is 2.38. The second-order valence-electron chi connectivity index (χ2n) is 3.79. The Morgan fingerprint density at radius 3 is 2.53 bits per heavy atom. The molecule has 7 heteroatoms. The molecule has 0 saturated heterocycles. The lowest BCUT2D eigenvalue weighted by Crippen LogP contribution is -2.33. The van der Waals surface area contributed by atoms with Crippen LogP contribution in [0.4, 0.5) is 0 Å². The normalized spacial score (nSPS) is 11.8. The topological polar surface area (TPSA) is 77.8 Å². The van der Waals surface area contributed by atoms with Crippen molar-refractivity contribution in [1.82, 2.24) is 4.31 Å². The zero-order chi connectivity index (χ0) is 14.5. The maximum Gasteiger partial charge on any atom is 0.243 e. The van der Waals surface area contributed by atoms with E-state index < -0.39 is 10.0 Å². The molecule has 106 valence electrons. The molecular weight excluding hydrogens is 290 g/mol. The predicted molar refractivity (Wildman–Crippen MR) is 73.4 cm³/mol. The minimum atomic E-state index is -3.74. The lowest BCUT2D eigenvalue weighted by atomic mass is 10.2. The third-order valence-corrected chi connectivity index (χ3v) is 4.73. The summed E-state index contributed by atoms with van der Waals surface area (Å²) in [6, 6.07) is 4.12. The lowest BCUT2D eigenvalue weighted by molar-refractivity contribution is 0.260. The summed E-state index contributed by atoms with van der Waals surface area (Å²) in [5.74, 6) is 0. The smallest absolute Gasteiger partial charge is 0.243 e. The van der Waals surface area contributed by atoms with Crippen LogP contribution in [0.2, 0.25) is 5.02 Å². The molecule has 0 unspecified atom stereocenters. The lowest BCUT2D eigenvalue weighted by Gasteiger charge is -2.20. The molecule has 1 aromatic rings. The Bertz CT molecular complexity index is 545. The largest absolute Gasteiger partial charge is 0.395 e. The molecule has 0 radical (unpaired) electrons. The first kappa shape index (κ1) is 16.1. The number of hydrogen-bond donors (Lipinski definition) is 2. The van der Waals surface area contributed by atoms with Crippen LogP contribution in [-0.2, 0) is 16.6 Å². The van der Waals surface area contributed by atoms with Gasteiger partial charge >= 0.3 is 0 Å². The molecule has 0 heterocycles. The highest BCUT2D eigenvalue weighted by molar-refractivity contribution is 7.89. The predicted octanol–water partition coefficient (Wildman–Crippen LogP) is 1.00. The van der Waals surface area contributed by atoms with E-state index in [9.17, 15) is 8.42 Å². The molecular formula is C12H16ClNO4S. The van der Waals surface area contributed by atoms with Gasteiger partial charge in [-0.2, -0.15) is 4.31 Å². The first-order valence-corrected chi connectivity index (χ1v) is 7.40. The number of aliphatic hydroxyl groups is 2. The first-order chi connectivity index (χ1) is 8.97. The number of halogens is 1. The van der Waals surface area contributed by atoms with Gasteiger partial charge in [-0.05, 0) is 17.7 Å². The van der Waals surface area contributed by atoms with Crippen LogP contribution in [0.25, 0.3) is 0 Å². The van der Waals surface area contributed by atoms with Gasteiger partial charge in [0.25, 0.3) is 0 Å². The van der Waals surface area contributed by atoms with Crippen molar-refractivity contribution in [1.29, 1.82) is 0 Å². The van der Waals surface area contributed by atoms with Gasteiger partial charge in [0.2, 0.25) is 10.0 Å². The van der Waals surface area contributed by atoms with Gasteiger partial charge in [-0.1, -0.05) is 23.7 Å². The van der Waals surface area contributed by atoms with Crippen LogP contribution in [0.1, 0.15) is 5.56 Å². The van der Waals surface area contributed by atoms with Gasteiger partial charge in [-0.25, -0.2) is 8.42 Å². The first-order valence-electron chi connectivity index (χ1n) is 5.58. The summed E-state index contributed by atoms with van der Waals surface area (Å²) in [6.45, 7) is 3.03. The number of nitrogens with zero attached hydrogens (tertiary/aromatic N) is 1. The fourth-order valence-corrected chi connectivity index (χ4v) is 3.26. The van der Waals surface area contributed by atoms with Crippen molar-refractivity contribution < 1.29 is 18.6 Å².